The molecule has 0 saturated carbocycles. The number of hydrogen-bond donors (Lipinski definition) is 1. The second-order valence-electron chi connectivity index (χ2n) is 6.05. The number of nitrogens with zero attached hydrogens (tertiary/aromatic N) is 4. The van der Waals surface area contributed by atoms with E-state index in [1.165, 1.54) is 5.56 Å². The van der Waals surface area contributed by atoms with Crippen LogP contribution in [0.25, 0.3) is 0 Å². The maximum Gasteiger partial charge on any atom is 0.0991 e. The summed E-state index contributed by atoms with van der Waals surface area (Å²) in [6, 6.07) is 10.1. The van der Waals surface area contributed by atoms with Gasteiger partial charge in [-0.05, 0) is 24.1 Å². The zero-order valence-electron chi connectivity index (χ0n) is 12.8. The number of aromatic nitrogens is 2. The molecule has 0 aliphatic carbocycles. The number of aryl methyl sites for hydroxylation is 1. The van der Waals surface area contributed by atoms with Crippen LogP contribution in [0.2, 0.25) is 0 Å². The fraction of sp³-hybridized carbons (Fsp3) is 0.412. The van der Waals surface area contributed by atoms with Gasteiger partial charge in [-0.1, -0.05) is 12.1 Å². The molecular weight excluding hydrogens is 274 g/mol. The average Bonchev–Trinajstić information content (AvgIpc) is 3.11. The maximum absolute atomic E-state index is 8.82. The second kappa shape index (κ2) is 6.30. The molecule has 1 aliphatic heterocycles. The minimum Gasteiger partial charge on any atom is -0.340 e. The van der Waals surface area contributed by atoms with Crippen molar-refractivity contribution in [1.29, 1.82) is 5.26 Å². The summed E-state index contributed by atoms with van der Waals surface area (Å²) < 4.78 is 1.97. The molecular formula is C17H21N5. The van der Waals surface area contributed by atoms with Crippen LogP contribution in [0, 0.1) is 11.3 Å². The average molecular weight is 295 g/mol. The van der Waals surface area contributed by atoms with Gasteiger partial charge in [0, 0.05) is 44.8 Å². The van der Waals surface area contributed by atoms with Gasteiger partial charge in [0.2, 0.25) is 0 Å². The molecule has 22 heavy (non-hydrogen) atoms. The van der Waals surface area contributed by atoms with E-state index in [1.807, 2.05) is 42.2 Å². The predicted molar refractivity (Wildman–Crippen MR) is 85.2 cm³/mol. The van der Waals surface area contributed by atoms with Crippen LogP contribution < -0.4 is 5.73 Å². The number of likely N-dealkylation sites (tertiary alicyclic amines) is 1. The molecule has 2 heterocycles. The Morgan fingerprint density at radius 3 is 2.73 bits per heavy atom. The minimum absolute atomic E-state index is 0.149. The second-order valence-corrected chi connectivity index (χ2v) is 6.05. The van der Waals surface area contributed by atoms with Gasteiger partial charge in [0.15, 0.2) is 0 Å². The van der Waals surface area contributed by atoms with Crippen molar-refractivity contribution < 1.29 is 0 Å². The highest BCUT2D eigenvalue weighted by atomic mass is 15.2. The van der Waals surface area contributed by atoms with E-state index in [0.29, 0.717) is 11.5 Å². The molecule has 5 heteroatoms. The van der Waals surface area contributed by atoms with Crippen LogP contribution in [0.15, 0.2) is 36.8 Å². The molecule has 2 aromatic rings. The van der Waals surface area contributed by atoms with Gasteiger partial charge in [0.05, 0.1) is 23.7 Å². The Balaban J connectivity index is 1.57. The molecule has 2 atom stereocenters. The summed E-state index contributed by atoms with van der Waals surface area (Å²) in [5.74, 6) is 0.321. The maximum atomic E-state index is 8.82. The molecule has 2 N–H and O–H groups in total. The fourth-order valence-corrected chi connectivity index (χ4v) is 3.07. The third kappa shape index (κ3) is 3.19. The van der Waals surface area contributed by atoms with Gasteiger partial charge < -0.3 is 15.2 Å². The fourth-order valence-electron chi connectivity index (χ4n) is 3.07. The predicted octanol–water partition coefficient (Wildman–Crippen LogP) is 1.26. The summed E-state index contributed by atoms with van der Waals surface area (Å²) in [7, 11) is 1.99. The Hall–Kier alpha value is -2.16. The molecule has 114 valence electrons. The summed E-state index contributed by atoms with van der Waals surface area (Å²) in [5.41, 5.74) is 9.35. The first-order valence-corrected chi connectivity index (χ1v) is 7.60. The zero-order chi connectivity index (χ0) is 15.5. The van der Waals surface area contributed by atoms with Gasteiger partial charge in [-0.15, -0.1) is 0 Å². The lowest BCUT2D eigenvalue weighted by atomic mass is 10.0. The van der Waals surface area contributed by atoms with E-state index in [2.05, 4.69) is 22.1 Å². The first kappa shape index (κ1) is 14.8. The standard InChI is InChI=1S/C17H21N5/c1-21-11-17(20-12-21)15-9-22(10-16(15)19)7-6-13-2-4-14(8-18)5-3-13/h2-5,11-12,15-16H,6-7,9-10,19H2,1H3/t15-,16-/m1/s1. The molecule has 1 aliphatic rings. The molecule has 1 aromatic carbocycles. The van der Waals surface area contributed by atoms with E-state index < -0.39 is 0 Å². The van der Waals surface area contributed by atoms with Crippen molar-refractivity contribution in [3.05, 3.63) is 53.6 Å². The summed E-state index contributed by atoms with van der Waals surface area (Å²) in [6.07, 6.45) is 4.88. The van der Waals surface area contributed by atoms with E-state index >= 15 is 0 Å². The SMILES string of the molecule is Cn1cnc([C@@H]2CN(CCc3ccc(C#N)cc3)C[C@H]2N)c1. The van der Waals surface area contributed by atoms with Crippen LogP contribution in [-0.2, 0) is 13.5 Å². The molecule has 1 saturated heterocycles. The van der Waals surface area contributed by atoms with Crippen LogP contribution in [0.5, 0.6) is 0 Å². The number of hydrogen-bond acceptors (Lipinski definition) is 4. The monoisotopic (exact) mass is 295 g/mol. The van der Waals surface area contributed by atoms with Gasteiger partial charge in [-0.2, -0.15) is 5.26 Å². The Bertz CT molecular complexity index is 667. The lowest BCUT2D eigenvalue weighted by molar-refractivity contribution is 0.335. The number of benzene rings is 1. The lowest BCUT2D eigenvalue weighted by Gasteiger charge is -2.15. The van der Waals surface area contributed by atoms with Crippen molar-refractivity contribution >= 4 is 0 Å². The first-order valence-electron chi connectivity index (χ1n) is 7.60. The summed E-state index contributed by atoms with van der Waals surface area (Å²) >= 11 is 0. The molecule has 0 spiro atoms. The van der Waals surface area contributed by atoms with Gasteiger partial charge in [0.1, 0.15) is 0 Å². The number of imidazole rings is 1. The number of nitriles is 1. The summed E-state index contributed by atoms with van der Waals surface area (Å²) in [4.78, 5) is 6.85. The van der Waals surface area contributed by atoms with E-state index in [9.17, 15) is 0 Å². The molecule has 0 amide bonds. The van der Waals surface area contributed by atoms with E-state index in [-0.39, 0.29) is 6.04 Å². The Morgan fingerprint density at radius 1 is 1.32 bits per heavy atom. The number of rotatable bonds is 4. The highest BCUT2D eigenvalue weighted by Crippen LogP contribution is 2.25. The first-order chi connectivity index (χ1) is 10.7. The molecule has 0 unspecified atom stereocenters. The van der Waals surface area contributed by atoms with Crippen LogP contribution in [0.1, 0.15) is 22.7 Å². The van der Waals surface area contributed by atoms with Crippen molar-refractivity contribution in [1.82, 2.24) is 14.5 Å². The van der Waals surface area contributed by atoms with Gasteiger partial charge >= 0.3 is 0 Å². The van der Waals surface area contributed by atoms with Gasteiger partial charge in [-0.3, -0.25) is 0 Å². The Labute approximate surface area is 131 Å². The van der Waals surface area contributed by atoms with E-state index in [4.69, 9.17) is 11.0 Å². The molecule has 1 aromatic heterocycles. The zero-order valence-corrected chi connectivity index (χ0v) is 12.8. The van der Waals surface area contributed by atoms with Crippen molar-refractivity contribution in [2.24, 2.45) is 12.8 Å². The normalized spacial score (nSPS) is 21.9. The molecule has 3 rings (SSSR count). The topological polar surface area (TPSA) is 70.9 Å². The highest BCUT2D eigenvalue weighted by Gasteiger charge is 2.32. The number of nitrogens with two attached hydrogens (primary N) is 1. The summed E-state index contributed by atoms with van der Waals surface area (Å²) in [6.45, 7) is 2.87. The Morgan fingerprint density at radius 2 is 2.09 bits per heavy atom. The lowest BCUT2D eigenvalue weighted by Crippen LogP contribution is -2.29. The highest BCUT2D eigenvalue weighted by molar-refractivity contribution is 5.31. The van der Waals surface area contributed by atoms with Crippen molar-refractivity contribution in [3.63, 3.8) is 0 Å². The van der Waals surface area contributed by atoms with Crippen LogP contribution >= 0.6 is 0 Å². The van der Waals surface area contributed by atoms with E-state index in [1.54, 1.807) is 0 Å². The third-order valence-corrected chi connectivity index (χ3v) is 4.35. The third-order valence-electron chi connectivity index (χ3n) is 4.35. The quantitative estimate of drug-likeness (QED) is 0.922. The smallest absolute Gasteiger partial charge is 0.0991 e. The summed E-state index contributed by atoms with van der Waals surface area (Å²) in [5, 5.41) is 8.82. The van der Waals surface area contributed by atoms with Gasteiger partial charge in [0.25, 0.3) is 0 Å². The molecule has 0 radical (unpaired) electrons. The van der Waals surface area contributed by atoms with E-state index in [0.717, 1.165) is 31.7 Å². The Kier molecular flexibility index (Phi) is 4.23. The van der Waals surface area contributed by atoms with Crippen molar-refractivity contribution in [3.8, 4) is 6.07 Å². The molecule has 0 bridgehead atoms. The van der Waals surface area contributed by atoms with Gasteiger partial charge in [-0.25, -0.2) is 4.98 Å². The largest absolute Gasteiger partial charge is 0.340 e. The minimum atomic E-state index is 0.149. The molecule has 5 nitrogen and oxygen atoms in total. The van der Waals surface area contributed by atoms with Crippen LogP contribution in [-0.4, -0.2) is 40.1 Å². The van der Waals surface area contributed by atoms with Crippen LogP contribution in [0.3, 0.4) is 0 Å². The van der Waals surface area contributed by atoms with Crippen molar-refractivity contribution in [2.75, 3.05) is 19.6 Å². The molecule has 1 fully saturated rings. The van der Waals surface area contributed by atoms with Crippen molar-refractivity contribution in [2.45, 2.75) is 18.4 Å². The van der Waals surface area contributed by atoms with Crippen LogP contribution in [0.4, 0.5) is 0 Å².